The summed E-state index contributed by atoms with van der Waals surface area (Å²) in [6, 6.07) is 0.532. The van der Waals surface area contributed by atoms with Gasteiger partial charge >= 0.3 is 0 Å². The summed E-state index contributed by atoms with van der Waals surface area (Å²) < 4.78 is 0. The monoisotopic (exact) mass is 182 g/mol. The zero-order chi connectivity index (χ0) is 9.10. The highest BCUT2D eigenvalue weighted by molar-refractivity contribution is 5.79. The normalized spacial score (nSPS) is 28.5. The molecule has 1 unspecified atom stereocenters. The van der Waals surface area contributed by atoms with Crippen molar-refractivity contribution in [2.24, 2.45) is 5.92 Å². The molecule has 3 heteroatoms. The lowest BCUT2D eigenvalue weighted by Crippen LogP contribution is -2.41. The van der Waals surface area contributed by atoms with Gasteiger partial charge in [-0.05, 0) is 32.2 Å². The number of carbonyl (C=O) groups excluding carboxylic acids is 1. The summed E-state index contributed by atoms with van der Waals surface area (Å²) in [5.41, 5.74) is 0. The van der Waals surface area contributed by atoms with Gasteiger partial charge < -0.3 is 10.6 Å². The van der Waals surface area contributed by atoms with Crippen LogP contribution in [0.5, 0.6) is 0 Å². The van der Waals surface area contributed by atoms with E-state index >= 15 is 0 Å². The molecule has 1 saturated heterocycles. The number of rotatable bonds is 3. The fourth-order valence-corrected chi connectivity index (χ4v) is 1.97. The predicted molar refractivity (Wildman–Crippen MR) is 51.4 cm³/mol. The molecule has 0 radical (unpaired) electrons. The molecule has 0 bridgehead atoms. The molecule has 2 rings (SSSR count). The van der Waals surface area contributed by atoms with Gasteiger partial charge in [-0.1, -0.05) is 6.42 Å². The molecule has 0 spiro atoms. The van der Waals surface area contributed by atoms with Crippen molar-refractivity contribution in [3.8, 4) is 0 Å². The van der Waals surface area contributed by atoms with Gasteiger partial charge in [0.2, 0.25) is 5.91 Å². The lowest BCUT2D eigenvalue weighted by molar-refractivity contribution is -0.127. The third-order valence-corrected chi connectivity index (χ3v) is 3.16. The summed E-state index contributed by atoms with van der Waals surface area (Å²) in [5.74, 6) is 0.612. The number of nitrogens with one attached hydrogen (secondary N) is 2. The van der Waals surface area contributed by atoms with Gasteiger partial charge in [0.05, 0.1) is 0 Å². The van der Waals surface area contributed by atoms with Crippen LogP contribution < -0.4 is 10.6 Å². The van der Waals surface area contributed by atoms with Crippen LogP contribution in [0.1, 0.15) is 32.1 Å². The van der Waals surface area contributed by atoms with E-state index in [1.54, 1.807) is 0 Å². The van der Waals surface area contributed by atoms with Gasteiger partial charge in [0, 0.05) is 18.5 Å². The van der Waals surface area contributed by atoms with E-state index in [4.69, 9.17) is 0 Å². The third-order valence-electron chi connectivity index (χ3n) is 3.16. The van der Waals surface area contributed by atoms with Crippen molar-refractivity contribution in [2.45, 2.75) is 38.1 Å². The Morgan fingerprint density at radius 3 is 2.69 bits per heavy atom. The fraction of sp³-hybridized carbons (Fsp3) is 0.900. The molecule has 0 aromatic heterocycles. The van der Waals surface area contributed by atoms with E-state index in [0.717, 1.165) is 25.9 Å². The Labute approximate surface area is 79.3 Å². The summed E-state index contributed by atoms with van der Waals surface area (Å²) in [6.07, 6.45) is 5.91. The Morgan fingerprint density at radius 1 is 1.31 bits per heavy atom. The maximum absolute atomic E-state index is 11.4. The minimum absolute atomic E-state index is 0.278. The molecule has 74 valence electrons. The molecule has 1 heterocycles. The maximum atomic E-state index is 11.4. The Balaban J connectivity index is 1.63. The summed E-state index contributed by atoms with van der Waals surface area (Å²) >= 11 is 0. The van der Waals surface area contributed by atoms with Crippen molar-refractivity contribution in [3.05, 3.63) is 0 Å². The van der Waals surface area contributed by atoms with Crippen molar-refractivity contribution >= 4 is 5.91 Å². The Morgan fingerprint density at radius 2 is 2.15 bits per heavy atom. The molecule has 1 aliphatic heterocycles. The number of hydrogen-bond acceptors (Lipinski definition) is 2. The quantitative estimate of drug-likeness (QED) is 0.673. The highest BCUT2D eigenvalue weighted by Gasteiger charge is 2.25. The highest BCUT2D eigenvalue weighted by atomic mass is 16.1. The minimum Gasteiger partial charge on any atom is -0.354 e. The Bertz CT molecular complexity index is 183. The Hall–Kier alpha value is -0.570. The zero-order valence-corrected chi connectivity index (χ0v) is 8.01. The first-order valence-electron chi connectivity index (χ1n) is 5.37. The van der Waals surface area contributed by atoms with E-state index in [1.807, 2.05) is 0 Å². The van der Waals surface area contributed by atoms with Gasteiger partial charge in [-0.2, -0.15) is 0 Å². The largest absolute Gasteiger partial charge is 0.354 e. The molecule has 1 saturated carbocycles. The molecule has 0 aromatic carbocycles. The molecule has 2 aliphatic rings. The second kappa shape index (κ2) is 4.09. The van der Waals surface area contributed by atoms with E-state index in [9.17, 15) is 4.79 Å². The number of hydrogen-bond donors (Lipinski definition) is 2. The van der Waals surface area contributed by atoms with Crippen LogP contribution >= 0.6 is 0 Å². The van der Waals surface area contributed by atoms with Gasteiger partial charge in [0.15, 0.2) is 0 Å². The van der Waals surface area contributed by atoms with Crippen LogP contribution in [-0.4, -0.2) is 25.0 Å². The first kappa shape index (κ1) is 9.00. The number of amides is 1. The standard InChI is InChI=1S/C10H18N2O/c13-10(8-3-1-4-8)12-7-9-5-2-6-11-9/h8-9,11H,1-7H2,(H,12,13). The summed E-state index contributed by atoms with van der Waals surface area (Å²) in [4.78, 5) is 11.4. The first-order valence-corrected chi connectivity index (χ1v) is 5.37. The van der Waals surface area contributed by atoms with E-state index in [-0.39, 0.29) is 5.91 Å². The minimum atomic E-state index is 0.278. The molecule has 1 amide bonds. The van der Waals surface area contributed by atoms with E-state index in [2.05, 4.69) is 10.6 Å². The van der Waals surface area contributed by atoms with Gasteiger partial charge in [0.1, 0.15) is 0 Å². The highest BCUT2D eigenvalue weighted by Crippen LogP contribution is 2.26. The van der Waals surface area contributed by atoms with Crippen LogP contribution in [-0.2, 0) is 4.79 Å². The van der Waals surface area contributed by atoms with Gasteiger partial charge in [0.25, 0.3) is 0 Å². The Kier molecular flexibility index (Phi) is 2.83. The van der Waals surface area contributed by atoms with Crippen LogP contribution in [0.3, 0.4) is 0 Å². The van der Waals surface area contributed by atoms with Gasteiger partial charge in [-0.25, -0.2) is 0 Å². The van der Waals surface area contributed by atoms with Crippen molar-refractivity contribution in [2.75, 3.05) is 13.1 Å². The second-order valence-electron chi connectivity index (χ2n) is 4.17. The lowest BCUT2D eigenvalue weighted by Gasteiger charge is -2.24. The molecule has 1 aliphatic carbocycles. The van der Waals surface area contributed by atoms with Crippen LogP contribution in [0, 0.1) is 5.92 Å². The summed E-state index contributed by atoms with van der Waals surface area (Å²) in [6.45, 7) is 1.94. The average Bonchev–Trinajstić information content (AvgIpc) is 2.49. The summed E-state index contributed by atoms with van der Waals surface area (Å²) in [7, 11) is 0. The molecular formula is C10H18N2O. The van der Waals surface area contributed by atoms with Crippen LogP contribution in [0.2, 0.25) is 0 Å². The first-order chi connectivity index (χ1) is 6.36. The third kappa shape index (κ3) is 2.21. The molecule has 13 heavy (non-hydrogen) atoms. The van der Waals surface area contributed by atoms with Gasteiger partial charge in [-0.3, -0.25) is 4.79 Å². The lowest BCUT2D eigenvalue weighted by atomic mass is 9.85. The molecule has 0 aromatic rings. The SMILES string of the molecule is O=C(NCC1CCCN1)C1CCC1. The molecular weight excluding hydrogens is 164 g/mol. The molecule has 2 fully saturated rings. The molecule has 2 N–H and O–H groups in total. The maximum Gasteiger partial charge on any atom is 0.223 e. The van der Waals surface area contributed by atoms with Crippen molar-refractivity contribution < 1.29 is 4.79 Å². The molecule has 3 nitrogen and oxygen atoms in total. The second-order valence-corrected chi connectivity index (χ2v) is 4.17. The fourth-order valence-electron chi connectivity index (χ4n) is 1.97. The predicted octanol–water partition coefficient (Wildman–Crippen LogP) is 0.655. The van der Waals surface area contributed by atoms with Gasteiger partial charge in [-0.15, -0.1) is 0 Å². The van der Waals surface area contributed by atoms with Crippen LogP contribution in [0.25, 0.3) is 0 Å². The molecule has 1 atom stereocenters. The smallest absolute Gasteiger partial charge is 0.223 e. The number of carbonyl (C=O) groups is 1. The van der Waals surface area contributed by atoms with Crippen molar-refractivity contribution in [3.63, 3.8) is 0 Å². The van der Waals surface area contributed by atoms with Crippen LogP contribution in [0.15, 0.2) is 0 Å². The average molecular weight is 182 g/mol. The topological polar surface area (TPSA) is 41.1 Å². The van der Waals surface area contributed by atoms with E-state index in [0.29, 0.717) is 12.0 Å². The van der Waals surface area contributed by atoms with Crippen molar-refractivity contribution in [1.82, 2.24) is 10.6 Å². The van der Waals surface area contributed by atoms with Crippen LogP contribution in [0.4, 0.5) is 0 Å². The van der Waals surface area contributed by atoms with E-state index < -0.39 is 0 Å². The zero-order valence-electron chi connectivity index (χ0n) is 8.01. The summed E-state index contributed by atoms with van der Waals surface area (Å²) in [5, 5.41) is 6.40. The van der Waals surface area contributed by atoms with E-state index in [1.165, 1.54) is 19.3 Å². The van der Waals surface area contributed by atoms with Crippen molar-refractivity contribution in [1.29, 1.82) is 0 Å².